The number of benzene rings is 2. The smallest absolute Gasteiger partial charge is 0.330 e. The molecule has 0 atom stereocenters. The minimum absolute atomic E-state index is 0.00371. The predicted octanol–water partition coefficient (Wildman–Crippen LogP) is 2.67. The molecule has 3 aromatic rings. The average molecular weight is 375 g/mol. The van der Waals surface area contributed by atoms with E-state index in [1.54, 1.807) is 24.3 Å². The lowest BCUT2D eigenvalue weighted by atomic mass is 10.0. The molecule has 7 nitrogen and oxygen atoms in total. The number of carbonyl (C=O) groups is 1. The van der Waals surface area contributed by atoms with Crippen LogP contribution in [0.5, 0.6) is 0 Å². The van der Waals surface area contributed by atoms with E-state index in [9.17, 15) is 4.79 Å². The summed E-state index contributed by atoms with van der Waals surface area (Å²) < 4.78 is 4.65. The van der Waals surface area contributed by atoms with Gasteiger partial charge in [0.05, 0.1) is 12.8 Å². The van der Waals surface area contributed by atoms with Gasteiger partial charge in [0.1, 0.15) is 11.7 Å². The Balaban J connectivity index is 2.11. The number of ether oxygens (including phenoxy) is 1. The minimum Gasteiger partial charge on any atom is -0.466 e. The summed E-state index contributed by atoms with van der Waals surface area (Å²) in [5.41, 5.74) is 16.1. The van der Waals surface area contributed by atoms with Gasteiger partial charge in [0.25, 0.3) is 0 Å². The molecule has 3 rings (SSSR count). The summed E-state index contributed by atoms with van der Waals surface area (Å²) in [5.74, 6) is -0.405. The molecule has 0 amide bonds. The average Bonchev–Trinajstić information content (AvgIpc) is 3.05. The minimum atomic E-state index is -0.411. The molecule has 2 aromatic carbocycles. The van der Waals surface area contributed by atoms with Crippen molar-refractivity contribution < 1.29 is 9.53 Å². The lowest BCUT2D eigenvalue weighted by Gasteiger charge is -2.05. The van der Waals surface area contributed by atoms with E-state index in [4.69, 9.17) is 22.3 Å². The number of nitrogens with one attached hydrogen (secondary N) is 3. The number of aromatic nitrogens is 1. The Hall–Kier alpha value is -3.87. The SMILES string of the molecule is COC(=O)/C=C/Cc1c(-c2ccc(C(=N)N)cc2)[nH]c2cc(C(=N)N)ccc12. The summed E-state index contributed by atoms with van der Waals surface area (Å²) in [6.07, 6.45) is 3.66. The van der Waals surface area contributed by atoms with E-state index in [0.717, 1.165) is 27.7 Å². The number of carbonyl (C=O) groups excluding carboxylic acids is 1. The molecule has 0 unspecified atom stereocenters. The molecule has 7 heteroatoms. The van der Waals surface area contributed by atoms with Crippen molar-refractivity contribution in [1.82, 2.24) is 4.98 Å². The Labute approximate surface area is 162 Å². The molecule has 0 aliphatic rings. The maximum absolute atomic E-state index is 11.4. The van der Waals surface area contributed by atoms with Gasteiger partial charge in [-0.3, -0.25) is 10.8 Å². The second-order valence-corrected chi connectivity index (χ2v) is 6.27. The van der Waals surface area contributed by atoms with Gasteiger partial charge >= 0.3 is 5.97 Å². The maximum Gasteiger partial charge on any atom is 0.330 e. The predicted molar refractivity (Wildman–Crippen MR) is 111 cm³/mol. The van der Waals surface area contributed by atoms with Crippen molar-refractivity contribution in [3.05, 3.63) is 71.3 Å². The molecule has 28 heavy (non-hydrogen) atoms. The lowest BCUT2D eigenvalue weighted by Crippen LogP contribution is -2.10. The van der Waals surface area contributed by atoms with Gasteiger partial charge in [0.2, 0.25) is 0 Å². The van der Waals surface area contributed by atoms with Crippen LogP contribution in [0.2, 0.25) is 0 Å². The molecule has 0 fully saturated rings. The Bertz CT molecular complexity index is 1090. The number of hydrogen-bond acceptors (Lipinski definition) is 4. The number of nitrogens with two attached hydrogens (primary N) is 2. The van der Waals surface area contributed by atoms with E-state index in [1.807, 2.05) is 24.3 Å². The van der Waals surface area contributed by atoms with Gasteiger partial charge < -0.3 is 21.2 Å². The fraction of sp³-hybridized carbons (Fsp3) is 0.0952. The number of aromatic amines is 1. The normalized spacial score (nSPS) is 11.0. The molecule has 0 saturated heterocycles. The Kier molecular flexibility index (Phi) is 5.26. The van der Waals surface area contributed by atoms with E-state index in [1.165, 1.54) is 13.2 Å². The first-order valence-electron chi connectivity index (χ1n) is 8.59. The summed E-state index contributed by atoms with van der Waals surface area (Å²) in [4.78, 5) is 14.8. The molecule has 0 bridgehead atoms. The molecule has 0 spiro atoms. The number of amidine groups is 2. The monoisotopic (exact) mass is 375 g/mol. The van der Waals surface area contributed by atoms with Gasteiger partial charge in [-0.2, -0.15) is 0 Å². The number of methoxy groups -OCH3 is 1. The van der Waals surface area contributed by atoms with Crippen molar-refractivity contribution in [1.29, 1.82) is 10.8 Å². The van der Waals surface area contributed by atoms with Gasteiger partial charge in [0.15, 0.2) is 0 Å². The molecule has 142 valence electrons. The third-order valence-electron chi connectivity index (χ3n) is 4.48. The Morgan fingerprint density at radius 2 is 1.71 bits per heavy atom. The van der Waals surface area contributed by atoms with Crippen molar-refractivity contribution in [2.24, 2.45) is 11.5 Å². The van der Waals surface area contributed by atoms with E-state index >= 15 is 0 Å². The molecule has 0 aliphatic heterocycles. The third-order valence-corrected chi connectivity index (χ3v) is 4.48. The van der Waals surface area contributed by atoms with Crippen LogP contribution in [-0.2, 0) is 16.0 Å². The highest BCUT2D eigenvalue weighted by Gasteiger charge is 2.14. The number of H-pyrrole nitrogens is 1. The fourth-order valence-corrected chi connectivity index (χ4v) is 3.04. The van der Waals surface area contributed by atoms with E-state index in [-0.39, 0.29) is 11.7 Å². The molecular weight excluding hydrogens is 354 g/mol. The second-order valence-electron chi connectivity index (χ2n) is 6.27. The van der Waals surface area contributed by atoms with E-state index < -0.39 is 5.97 Å². The number of nitrogen functional groups attached to an aromatic ring is 2. The number of hydrogen-bond donors (Lipinski definition) is 5. The van der Waals surface area contributed by atoms with Crippen LogP contribution in [0.15, 0.2) is 54.6 Å². The number of rotatable bonds is 6. The molecular formula is C21H21N5O2. The van der Waals surface area contributed by atoms with Crippen LogP contribution in [0.3, 0.4) is 0 Å². The van der Waals surface area contributed by atoms with Crippen LogP contribution >= 0.6 is 0 Å². The van der Waals surface area contributed by atoms with Crippen LogP contribution < -0.4 is 11.5 Å². The summed E-state index contributed by atoms with van der Waals surface area (Å²) in [6, 6.07) is 12.9. The maximum atomic E-state index is 11.4. The molecule has 0 aliphatic carbocycles. The molecule has 7 N–H and O–H groups in total. The highest BCUT2D eigenvalue weighted by Crippen LogP contribution is 2.32. The summed E-state index contributed by atoms with van der Waals surface area (Å²) in [5, 5.41) is 16.2. The van der Waals surface area contributed by atoms with Gasteiger partial charge in [-0.15, -0.1) is 0 Å². The molecule has 1 heterocycles. The van der Waals surface area contributed by atoms with Crippen LogP contribution in [0, 0.1) is 10.8 Å². The van der Waals surface area contributed by atoms with Gasteiger partial charge in [-0.25, -0.2) is 4.79 Å². The number of allylic oxidation sites excluding steroid dienone is 1. The summed E-state index contributed by atoms with van der Waals surface area (Å²) >= 11 is 0. The fourth-order valence-electron chi connectivity index (χ4n) is 3.04. The standard InChI is InChI=1S/C21H21N5O2/c1-28-18(27)4-2-3-16-15-10-9-14(21(24)25)11-17(15)26-19(16)12-5-7-13(8-6-12)20(22)23/h2,4-11,26H,3H2,1H3,(H3,22,23)(H3,24,25)/b4-2+. The van der Waals surface area contributed by atoms with Gasteiger partial charge in [-0.05, 0) is 23.6 Å². The molecule has 0 radical (unpaired) electrons. The van der Waals surface area contributed by atoms with Gasteiger partial charge in [0, 0.05) is 28.1 Å². The van der Waals surface area contributed by atoms with Crippen LogP contribution in [0.4, 0.5) is 0 Å². The largest absolute Gasteiger partial charge is 0.466 e. The summed E-state index contributed by atoms with van der Waals surface area (Å²) in [6.45, 7) is 0. The highest BCUT2D eigenvalue weighted by atomic mass is 16.5. The van der Waals surface area contributed by atoms with Crippen molar-refractivity contribution in [2.75, 3.05) is 7.11 Å². The highest BCUT2D eigenvalue weighted by molar-refractivity contribution is 6.01. The number of esters is 1. The van der Waals surface area contributed by atoms with Crippen molar-refractivity contribution in [3.8, 4) is 11.3 Å². The van der Waals surface area contributed by atoms with E-state index in [0.29, 0.717) is 17.5 Å². The first-order valence-corrected chi connectivity index (χ1v) is 8.59. The van der Waals surface area contributed by atoms with E-state index in [2.05, 4.69) is 9.72 Å². The summed E-state index contributed by atoms with van der Waals surface area (Å²) in [7, 11) is 1.34. The zero-order valence-corrected chi connectivity index (χ0v) is 15.4. The second kappa shape index (κ2) is 7.79. The Morgan fingerprint density at radius 3 is 2.32 bits per heavy atom. The van der Waals surface area contributed by atoms with Gasteiger partial charge in [-0.1, -0.05) is 42.5 Å². The van der Waals surface area contributed by atoms with Crippen molar-refractivity contribution in [2.45, 2.75) is 6.42 Å². The number of fused-ring (bicyclic) bond motifs is 1. The molecule has 0 saturated carbocycles. The van der Waals surface area contributed by atoms with Crippen LogP contribution in [-0.4, -0.2) is 29.7 Å². The first kappa shape index (κ1) is 18.9. The van der Waals surface area contributed by atoms with Crippen LogP contribution in [0.25, 0.3) is 22.2 Å². The zero-order chi connectivity index (χ0) is 20.3. The first-order chi connectivity index (χ1) is 13.4. The quantitative estimate of drug-likeness (QED) is 0.195. The molecule has 1 aromatic heterocycles. The Morgan fingerprint density at radius 1 is 1.07 bits per heavy atom. The third kappa shape index (κ3) is 3.78. The zero-order valence-electron chi connectivity index (χ0n) is 15.4. The lowest BCUT2D eigenvalue weighted by molar-refractivity contribution is -0.134. The van der Waals surface area contributed by atoms with Crippen LogP contribution in [0.1, 0.15) is 16.7 Å². The topological polar surface area (TPSA) is 142 Å². The van der Waals surface area contributed by atoms with Crippen molar-refractivity contribution in [3.63, 3.8) is 0 Å². The van der Waals surface area contributed by atoms with Crippen molar-refractivity contribution >= 4 is 28.5 Å².